The number of carbonyl (C=O) groups is 8. The minimum absolute atomic E-state index is 0.0518. The van der Waals surface area contributed by atoms with Crippen LogP contribution in [0.3, 0.4) is 0 Å². The largest absolute Gasteiger partial charge is 0.509 e. The number of alkyl halides is 24. The van der Waals surface area contributed by atoms with E-state index in [4.69, 9.17) is 23.7 Å². The number of hydrogen-bond acceptors (Lipinski definition) is 19. The van der Waals surface area contributed by atoms with Gasteiger partial charge in [-0.25, -0.2) is 41.9 Å². The lowest BCUT2D eigenvalue weighted by atomic mass is 9.69. The lowest BCUT2D eigenvalue weighted by Gasteiger charge is -2.46. The van der Waals surface area contributed by atoms with E-state index >= 15 is 0 Å². The highest BCUT2D eigenvalue weighted by Gasteiger charge is 2.79. The average Bonchev–Trinajstić information content (AvgIpc) is 1.51. The second kappa shape index (κ2) is 38.8. The van der Waals surface area contributed by atoms with E-state index in [0.29, 0.717) is 32.6 Å². The molecule has 48 heteroatoms. The molecule has 5 aliphatic rings. The first kappa shape index (κ1) is 107. The molecule has 19 nitrogen and oxygen atoms in total. The van der Waals surface area contributed by atoms with Crippen molar-refractivity contribution in [2.75, 3.05) is 0 Å². The van der Waals surface area contributed by atoms with Crippen molar-refractivity contribution < 1.29 is 219 Å². The zero-order valence-electron chi connectivity index (χ0n) is 64.8. The number of esters is 7. The molecule has 8 unspecified atom stereocenters. The lowest BCUT2D eigenvalue weighted by Crippen LogP contribution is -2.65. The smallest absolute Gasteiger partial charge is 0.459 e. The van der Waals surface area contributed by atoms with Crippen LogP contribution in [-0.4, -0.2) is 166 Å². The highest BCUT2D eigenvalue weighted by atomic mass is 19.4. The van der Waals surface area contributed by atoms with Gasteiger partial charge in [-0.05, 0) is 139 Å². The Labute approximate surface area is 663 Å². The third-order valence-corrected chi connectivity index (χ3v) is 18.9. The molecule has 686 valence electrons. The Morgan fingerprint density at radius 2 is 0.917 bits per heavy atom. The van der Waals surface area contributed by atoms with E-state index in [-0.39, 0.29) is 41.6 Å². The molecule has 2 N–H and O–H groups in total. The fourth-order valence-corrected chi connectivity index (χ4v) is 12.7. The second-order valence-corrected chi connectivity index (χ2v) is 30.2. The maximum absolute atomic E-state index is 13.5. The van der Waals surface area contributed by atoms with Crippen molar-refractivity contribution in [3.63, 3.8) is 0 Å². The third-order valence-electron chi connectivity index (χ3n) is 18.9. The molecule has 0 spiro atoms. The molecule has 4 saturated carbocycles. The van der Waals surface area contributed by atoms with E-state index < -0.39 is 263 Å². The van der Waals surface area contributed by atoms with Crippen LogP contribution in [0, 0.1) is 64.1 Å². The van der Waals surface area contributed by atoms with Crippen molar-refractivity contribution in [2.24, 2.45) is 35.0 Å². The van der Waals surface area contributed by atoms with Gasteiger partial charge in [0.15, 0.2) is 5.41 Å². The van der Waals surface area contributed by atoms with Gasteiger partial charge in [-0.2, -0.15) is 114 Å². The van der Waals surface area contributed by atoms with Gasteiger partial charge in [0.25, 0.3) is 11.7 Å². The molecule has 1 saturated heterocycles. The minimum Gasteiger partial charge on any atom is -0.459 e. The quantitative estimate of drug-likeness (QED) is 0.0180. The van der Waals surface area contributed by atoms with Crippen LogP contribution in [0.1, 0.15) is 160 Å². The Balaban J connectivity index is 0.000000513. The van der Waals surface area contributed by atoms with Gasteiger partial charge in [0.05, 0.1) is 5.60 Å². The van der Waals surface area contributed by atoms with Crippen molar-refractivity contribution in [3.05, 3.63) is 89.8 Å². The van der Waals surface area contributed by atoms with Crippen LogP contribution >= 0.6 is 0 Å². The molecule has 1 aliphatic heterocycles. The lowest BCUT2D eigenvalue weighted by molar-refractivity contribution is -0.388. The van der Waals surface area contributed by atoms with Crippen LogP contribution < -0.4 is 4.74 Å². The zero-order valence-corrected chi connectivity index (χ0v) is 64.8. The molecular weight excluding hydrogens is 1720 g/mol. The van der Waals surface area contributed by atoms with Gasteiger partial charge in [0.1, 0.15) is 35.6 Å². The number of halogens is 29. The fourth-order valence-electron chi connectivity index (χ4n) is 12.7. The van der Waals surface area contributed by atoms with Gasteiger partial charge in [0.2, 0.25) is 40.4 Å². The Morgan fingerprint density at radius 1 is 0.500 bits per heavy atom. The monoisotopic (exact) mass is 1800 g/mol. The normalized spacial score (nSPS) is 21.5. The van der Waals surface area contributed by atoms with E-state index in [2.05, 4.69) is 51.8 Å². The molecule has 5 fully saturated rings. The fraction of sp³-hybridized carbons (Fsp3) is 0.667. The van der Waals surface area contributed by atoms with Gasteiger partial charge < -0.3 is 52.8 Å². The standard InChI is InChI=1S/C16H19F9O3.C16H14F6O6.C15H20F6O3.C15H23F3O5.C10H5F5O2/c1-8(14(17,18)19)11(26)28-13(15(20,21)22,16(23,24)25)10-6-4-9(5-7-10)12(2,3)27;1-5(2)10(23)26-8-6-3-7-9(8)27-12(24)14(7,4-6)13(25)28-11(15(17,18)19)16(20,21)22;1-9(2)12(22)24-11(10-6-4-3-5-7-10)8-13(23,14(16,17)18)15(19,20)21;1-9(2)11(19)21-10(3)8-14(7,15(16,17)18)23-12(20)22-13(4,5)6;1-3(2)10(16)17-9-7(14)5(12)4(11)6(13)8(9)15/h9-10,27H,1,4-7H2,2-3H3;6-9,11H,1,3-4H2,2H3;10-11,23H,1,3-8H2,2H3;10H,1,8H2,2-7H3;1H2,2H3. The van der Waals surface area contributed by atoms with Gasteiger partial charge in [0, 0.05) is 52.9 Å². The SMILES string of the molecule is C=C(C(=O)OC(C1CCC(C(C)(C)O)CC1)(C(F)(F)F)C(F)(F)F)C(F)(F)F.C=C(C)C(=O)OC(C)CC(C)(OC(=O)OC(C)(C)C)C(F)(F)F.C=C(C)C(=O)OC(CC(O)(C(F)(F)F)C(F)(F)F)C1CCCCC1.C=C(C)C(=O)OC1C2CC3C1OC(=O)C3(C(=O)OC(C(F)(F)F)C(F)(F)F)C2.C=C(C)C(=O)Oc1c(F)c(F)c(F)c(F)c1F. The topological polar surface area (TPSA) is 260 Å². The molecule has 1 aromatic carbocycles. The predicted molar refractivity (Wildman–Crippen MR) is 349 cm³/mol. The number of benzene rings is 1. The summed E-state index contributed by atoms with van der Waals surface area (Å²) in [6, 6.07) is 0. The van der Waals surface area contributed by atoms with Crippen LogP contribution in [0.15, 0.2) is 60.8 Å². The molecule has 2 bridgehead atoms. The summed E-state index contributed by atoms with van der Waals surface area (Å²) in [6.07, 6.45) is -59.6. The molecule has 8 atom stereocenters. The van der Waals surface area contributed by atoms with Gasteiger partial charge in [-0.15, -0.1) is 0 Å². The summed E-state index contributed by atoms with van der Waals surface area (Å²) < 4.78 is 416. The van der Waals surface area contributed by atoms with Crippen LogP contribution in [0.2, 0.25) is 0 Å². The van der Waals surface area contributed by atoms with Crippen LogP contribution in [0.25, 0.3) is 0 Å². The number of hydrogen-bond donors (Lipinski definition) is 2. The maximum Gasteiger partial charge on any atom is 0.509 e. The van der Waals surface area contributed by atoms with Gasteiger partial charge in [-0.1, -0.05) is 52.2 Å². The first-order valence-corrected chi connectivity index (χ1v) is 34.8. The van der Waals surface area contributed by atoms with Crippen molar-refractivity contribution >= 4 is 47.9 Å². The van der Waals surface area contributed by atoms with E-state index in [1.165, 1.54) is 62.3 Å². The summed E-state index contributed by atoms with van der Waals surface area (Å²) in [5, 5.41) is 19.3. The van der Waals surface area contributed by atoms with Crippen LogP contribution in [0.5, 0.6) is 5.75 Å². The summed E-state index contributed by atoms with van der Waals surface area (Å²) in [5.41, 5.74) is -20.3. The number of fused-ring (bicyclic) bond motifs is 1. The molecule has 6 rings (SSSR count). The first-order chi connectivity index (χ1) is 53.6. The molecule has 1 heterocycles. The van der Waals surface area contributed by atoms with E-state index in [1.54, 1.807) is 0 Å². The average molecular weight is 1800 g/mol. The summed E-state index contributed by atoms with van der Waals surface area (Å²) in [5.74, 6) is -28.1. The first-order valence-electron chi connectivity index (χ1n) is 34.8. The summed E-state index contributed by atoms with van der Waals surface area (Å²) in [6.45, 7) is 29.5. The second-order valence-electron chi connectivity index (χ2n) is 30.2. The Hall–Kier alpha value is -8.63. The Bertz CT molecular complexity index is 3840. The van der Waals surface area contributed by atoms with E-state index in [0.717, 1.165) is 13.3 Å². The summed E-state index contributed by atoms with van der Waals surface area (Å²) in [4.78, 5) is 93.2. The minimum atomic E-state index is -6.22. The molecule has 1 aromatic rings. The molecule has 0 radical (unpaired) electrons. The van der Waals surface area contributed by atoms with Crippen molar-refractivity contribution in [1.82, 2.24) is 0 Å². The van der Waals surface area contributed by atoms with Gasteiger partial charge >= 0.3 is 103 Å². The molecule has 0 aromatic heterocycles. The Kier molecular flexibility index (Phi) is 34.8. The van der Waals surface area contributed by atoms with Crippen molar-refractivity contribution in [1.29, 1.82) is 0 Å². The summed E-state index contributed by atoms with van der Waals surface area (Å²) in [7, 11) is 0. The highest BCUT2D eigenvalue weighted by molar-refractivity contribution is 6.03. The zero-order chi connectivity index (χ0) is 94.3. The van der Waals surface area contributed by atoms with Crippen LogP contribution in [-0.2, 0) is 71.5 Å². The number of carbonyl (C=O) groups excluding carboxylic acids is 8. The van der Waals surface area contributed by atoms with Gasteiger partial charge in [-0.3, -0.25) is 9.59 Å². The van der Waals surface area contributed by atoms with Crippen molar-refractivity contribution in [2.45, 2.75) is 268 Å². The number of aliphatic hydroxyl groups is 2. The maximum atomic E-state index is 13.5. The van der Waals surface area contributed by atoms with Crippen LogP contribution in [0.4, 0.5) is 132 Å². The number of rotatable bonds is 20. The molecular formula is C72H81F29O19. The molecule has 0 amide bonds. The van der Waals surface area contributed by atoms with E-state index in [9.17, 15) is 176 Å². The highest BCUT2D eigenvalue weighted by Crippen LogP contribution is 2.64. The molecule has 120 heavy (non-hydrogen) atoms. The number of ether oxygens (including phenoxy) is 9. The molecule has 4 aliphatic carbocycles. The predicted octanol–water partition coefficient (Wildman–Crippen LogP) is 18.9. The van der Waals surface area contributed by atoms with Crippen molar-refractivity contribution in [3.8, 4) is 5.75 Å². The Morgan fingerprint density at radius 3 is 1.29 bits per heavy atom. The van der Waals surface area contributed by atoms with E-state index in [1.807, 2.05) is 0 Å². The summed E-state index contributed by atoms with van der Waals surface area (Å²) >= 11 is 0. The third kappa shape index (κ3) is 26.4.